The number of benzene rings is 5. The normalized spacial score (nSPS) is 11.8. The summed E-state index contributed by atoms with van der Waals surface area (Å²) in [5.41, 5.74) is 5.60. The molecule has 0 aliphatic rings. The molecule has 0 radical (unpaired) electrons. The number of hydrogen-bond donors (Lipinski definition) is 3. The van der Waals surface area contributed by atoms with E-state index < -0.39 is 17.1 Å². The minimum absolute atomic E-state index is 0.0950. The van der Waals surface area contributed by atoms with Crippen LogP contribution < -0.4 is 16.0 Å². The van der Waals surface area contributed by atoms with Crippen LogP contribution in [-0.4, -0.2) is 17.7 Å². The number of halogens is 1. The molecule has 1 atom stereocenters. The maximum absolute atomic E-state index is 13.6. The highest BCUT2D eigenvalue weighted by molar-refractivity contribution is 9.10. The maximum Gasteiger partial charge on any atom is 0.272 e. The van der Waals surface area contributed by atoms with Gasteiger partial charge in [-0.2, -0.15) is 0 Å². The number of carbonyl (C=O) groups is 3. The van der Waals surface area contributed by atoms with E-state index in [1.807, 2.05) is 105 Å². The summed E-state index contributed by atoms with van der Waals surface area (Å²) in [6, 6.07) is 39.0. The number of hydrogen-bond acceptors (Lipinski definition) is 4. The Balaban J connectivity index is 1.33. The fraction of sp³-hybridized carbons (Fsp3) is 0.0789. The van der Waals surface area contributed by atoms with Crippen LogP contribution in [0.5, 0.6) is 0 Å². The number of nitrogens with one attached hydrogen (secondary N) is 3. The van der Waals surface area contributed by atoms with E-state index in [1.165, 1.54) is 11.8 Å². The van der Waals surface area contributed by atoms with Crippen molar-refractivity contribution < 1.29 is 14.4 Å². The lowest BCUT2D eigenvalue weighted by molar-refractivity contribution is -0.116. The highest BCUT2D eigenvalue weighted by Crippen LogP contribution is 2.37. The highest BCUT2D eigenvalue weighted by Gasteiger charge is 2.23. The number of carbonyl (C=O) groups excluding carboxylic acids is 3. The Labute approximate surface area is 281 Å². The van der Waals surface area contributed by atoms with Crippen molar-refractivity contribution in [2.45, 2.75) is 24.0 Å². The summed E-state index contributed by atoms with van der Waals surface area (Å²) in [4.78, 5) is 40.8. The molecule has 5 rings (SSSR count). The second-order valence-electron chi connectivity index (χ2n) is 10.6. The molecule has 230 valence electrons. The zero-order valence-corrected chi connectivity index (χ0v) is 27.7. The molecule has 0 saturated carbocycles. The molecule has 0 heterocycles. The summed E-state index contributed by atoms with van der Waals surface area (Å²) in [5, 5.41) is 8.24. The first-order chi connectivity index (χ1) is 22.2. The average molecular weight is 691 g/mol. The van der Waals surface area contributed by atoms with E-state index >= 15 is 0 Å². The van der Waals surface area contributed by atoms with Gasteiger partial charge < -0.3 is 16.0 Å². The Hall–Kier alpha value is -4.92. The molecule has 5 aromatic rings. The van der Waals surface area contributed by atoms with Gasteiger partial charge in [-0.3, -0.25) is 14.4 Å². The number of thioether (sulfide) groups is 1. The van der Waals surface area contributed by atoms with Gasteiger partial charge in [0.15, 0.2) is 0 Å². The van der Waals surface area contributed by atoms with Gasteiger partial charge in [-0.25, -0.2) is 0 Å². The fourth-order valence-corrected chi connectivity index (χ4v) is 6.15. The van der Waals surface area contributed by atoms with Crippen LogP contribution in [0.25, 0.3) is 6.08 Å². The van der Waals surface area contributed by atoms with Crippen LogP contribution in [0.1, 0.15) is 37.9 Å². The molecular weight excluding hydrogens is 658 g/mol. The molecule has 5 aromatic carbocycles. The van der Waals surface area contributed by atoms with E-state index in [-0.39, 0.29) is 11.6 Å². The van der Waals surface area contributed by atoms with Gasteiger partial charge in [0, 0.05) is 26.3 Å². The van der Waals surface area contributed by atoms with E-state index in [4.69, 9.17) is 0 Å². The van der Waals surface area contributed by atoms with E-state index in [0.29, 0.717) is 11.3 Å². The zero-order valence-electron chi connectivity index (χ0n) is 25.3. The predicted molar refractivity (Wildman–Crippen MR) is 191 cm³/mol. The predicted octanol–water partition coefficient (Wildman–Crippen LogP) is 8.95. The number of rotatable bonds is 10. The summed E-state index contributed by atoms with van der Waals surface area (Å²) in [5.74, 6) is -0.994. The molecule has 0 aliphatic heterocycles. The molecule has 46 heavy (non-hydrogen) atoms. The van der Waals surface area contributed by atoms with Crippen LogP contribution in [0.4, 0.5) is 11.4 Å². The largest absolute Gasteiger partial charge is 0.325 e. The van der Waals surface area contributed by atoms with Gasteiger partial charge in [0.25, 0.3) is 11.8 Å². The Bertz CT molecular complexity index is 1880. The van der Waals surface area contributed by atoms with Crippen molar-refractivity contribution in [1.82, 2.24) is 5.32 Å². The molecule has 1 unspecified atom stereocenters. The number of amides is 3. The SMILES string of the molecule is Cc1ccc(NC(=O)C(Sc2ccc(NC(=O)/C(=C/c3cccc(Br)c3)NC(=O)c3ccccc3)cc2)c2ccccc2)c(C)c1. The maximum atomic E-state index is 13.6. The van der Waals surface area contributed by atoms with Gasteiger partial charge in [0.2, 0.25) is 5.91 Å². The van der Waals surface area contributed by atoms with Gasteiger partial charge in [-0.15, -0.1) is 11.8 Å². The average Bonchev–Trinajstić information content (AvgIpc) is 3.06. The third kappa shape index (κ3) is 8.84. The van der Waals surface area contributed by atoms with Crippen LogP contribution in [0.2, 0.25) is 0 Å². The topological polar surface area (TPSA) is 87.3 Å². The van der Waals surface area contributed by atoms with Crippen molar-refractivity contribution in [3.05, 3.63) is 165 Å². The molecule has 6 nitrogen and oxygen atoms in total. The van der Waals surface area contributed by atoms with Gasteiger partial charge in [-0.1, -0.05) is 94.3 Å². The smallest absolute Gasteiger partial charge is 0.272 e. The molecule has 3 N–H and O–H groups in total. The number of aryl methyl sites for hydroxylation is 2. The molecule has 0 aromatic heterocycles. The lowest BCUT2D eigenvalue weighted by Crippen LogP contribution is -2.30. The third-order valence-corrected chi connectivity index (χ3v) is 8.79. The minimum Gasteiger partial charge on any atom is -0.325 e. The highest BCUT2D eigenvalue weighted by atomic mass is 79.9. The molecule has 0 saturated heterocycles. The van der Waals surface area contributed by atoms with Crippen molar-refractivity contribution in [3.63, 3.8) is 0 Å². The molecule has 3 amide bonds. The minimum atomic E-state index is -0.504. The monoisotopic (exact) mass is 689 g/mol. The zero-order chi connectivity index (χ0) is 32.5. The second kappa shape index (κ2) is 15.4. The van der Waals surface area contributed by atoms with Crippen LogP contribution >= 0.6 is 27.7 Å². The van der Waals surface area contributed by atoms with Crippen molar-refractivity contribution in [1.29, 1.82) is 0 Å². The van der Waals surface area contributed by atoms with Crippen LogP contribution in [0, 0.1) is 13.8 Å². The van der Waals surface area contributed by atoms with Crippen LogP contribution in [0.3, 0.4) is 0 Å². The van der Waals surface area contributed by atoms with Gasteiger partial charge in [-0.05, 0) is 91.2 Å². The Morgan fingerprint density at radius 3 is 2.11 bits per heavy atom. The van der Waals surface area contributed by atoms with Crippen molar-refractivity contribution in [3.8, 4) is 0 Å². The third-order valence-electron chi connectivity index (χ3n) is 7.03. The summed E-state index contributed by atoms with van der Waals surface area (Å²) >= 11 is 4.88. The lowest BCUT2D eigenvalue weighted by Gasteiger charge is -2.18. The molecule has 0 bridgehead atoms. The molecule has 0 spiro atoms. The Morgan fingerprint density at radius 2 is 1.43 bits per heavy atom. The van der Waals surface area contributed by atoms with Crippen LogP contribution in [0.15, 0.2) is 142 Å². The first kappa shape index (κ1) is 32.5. The van der Waals surface area contributed by atoms with E-state index in [1.54, 1.807) is 42.5 Å². The first-order valence-electron chi connectivity index (χ1n) is 14.6. The standard InChI is InChI=1S/C38H32BrN3O3S/c1-25-16-21-33(26(2)22-25)41-38(45)35(28-11-5-3-6-12-28)46-32-19-17-31(18-20-32)40-37(44)34(24-27-10-9-15-30(39)23-27)42-36(43)29-13-7-4-8-14-29/h3-24,35H,1-2H3,(H,40,44)(H,41,45)(H,42,43)/b34-24-. The molecular formula is C38H32BrN3O3S. The molecule has 8 heteroatoms. The Kier molecular flexibility index (Phi) is 10.9. The molecule has 0 aliphatic carbocycles. The van der Waals surface area contributed by atoms with Crippen molar-refractivity contribution in [2.75, 3.05) is 10.6 Å². The quantitative estimate of drug-likeness (QED) is 0.101. The Morgan fingerprint density at radius 1 is 0.739 bits per heavy atom. The van der Waals surface area contributed by atoms with Crippen molar-refractivity contribution in [2.24, 2.45) is 0 Å². The lowest BCUT2D eigenvalue weighted by atomic mass is 10.1. The summed E-state index contributed by atoms with van der Waals surface area (Å²) in [6.45, 7) is 4.00. The first-order valence-corrected chi connectivity index (χ1v) is 16.3. The van der Waals surface area contributed by atoms with Gasteiger partial charge >= 0.3 is 0 Å². The van der Waals surface area contributed by atoms with Crippen LogP contribution in [-0.2, 0) is 9.59 Å². The van der Waals surface area contributed by atoms with Gasteiger partial charge in [0.05, 0.1) is 0 Å². The summed E-state index contributed by atoms with van der Waals surface area (Å²) in [6.07, 6.45) is 1.63. The summed E-state index contributed by atoms with van der Waals surface area (Å²) < 4.78 is 0.847. The van der Waals surface area contributed by atoms with E-state index in [0.717, 1.165) is 37.3 Å². The second-order valence-corrected chi connectivity index (χ2v) is 12.7. The van der Waals surface area contributed by atoms with Gasteiger partial charge in [0.1, 0.15) is 10.9 Å². The van der Waals surface area contributed by atoms with Crippen molar-refractivity contribution >= 4 is 62.9 Å². The van der Waals surface area contributed by atoms with E-state index in [2.05, 4.69) is 31.9 Å². The van der Waals surface area contributed by atoms with E-state index in [9.17, 15) is 14.4 Å². The summed E-state index contributed by atoms with van der Waals surface area (Å²) in [7, 11) is 0. The number of anilines is 2. The fourth-order valence-electron chi connectivity index (χ4n) is 4.71. The molecule has 0 fully saturated rings.